The van der Waals surface area contributed by atoms with Crippen LogP contribution in [-0.4, -0.2) is 56.8 Å². The maximum absolute atomic E-state index is 11.7. The first-order chi connectivity index (χ1) is 10.3. The quantitative estimate of drug-likeness (QED) is 0.755. The number of morpholine rings is 1. The SMILES string of the molecule is O=C(COc1ccccc1Br)NCCCN1CCOCC1. The van der Waals surface area contributed by atoms with Gasteiger partial charge in [0.1, 0.15) is 5.75 Å². The van der Waals surface area contributed by atoms with Gasteiger partial charge in [0.15, 0.2) is 6.61 Å². The van der Waals surface area contributed by atoms with Crippen LogP contribution in [0.1, 0.15) is 6.42 Å². The molecule has 0 atom stereocenters. The summed E-state index contributed by atoms with van der Waals surface area (Å²) in [7, 11) is 0. The third-order valence-electron chi connectivity index (χ3n) is 3.27. The number of halogens is 1. The van der Waals surface area contributed by atoms with E-state index in [1.54, 1.807) is 0 Å². The highest BCUT2D eigenvalue weighted by Crippen LogP contribution is 2.23. The standard InChI is InChI=1S/C15H21BrN2O3/c16-13-4-1-2-5-14(13)21-12-15(19)17-6-3-7-18-8-10-20-11-9-18/h1-2,4-5H,3,6-12H2,(H,17,19). The molecule has 21 heavy (non-hydrogen) atoms. The highest BCUT2D eigenvalue weighted by atomic mass is 79.9. The molecule has 1 amide bonds. The second kappa shape index (κ2) is 9.02. The van der Waals surface area contributed by atoms with Gasteiger partial charge in [0.05, 0.1) is 17.7 Å². The molecule has 1 aromatic rings. The van der Waals surface area contributed by atoms with Crippen molar-refractivity contribution in [3.8, 4) is 5.75 Å². The van der Waals surface area contributed by atoms with E-state index in [4.69, 9.17) is 9.47 Å². The van der Waals surface area contributed by atoms with Crippen LogP contribution in [-0.2, 0) is 9.53 Å². The molecule has 1 aliphatic heterocycles. The molecule has 0 radical (unpaired) electrons. The van der Waals surface area contributed by atoms with Crippen LogP contribution < -0.4 is 10.1 Å². The smallest absolute Gasteiger partial charge is 0.257 e. The van der Waals surface area contributed by atoms with E-state index in [1.807, 2.05) is 24.3 Å². The zero-order valence-electron chi connectivity index (χ0n) is 12.0. The van der Waals surface area contributed by atoms with Crippen molar-refractivity contribution in [2.45, 2.75) is 6.42 Å². The number of carbonyl (C=O) groups is 1. The summed E-state index contributed by atoms with van der Waals surface area (Å²) in [6.45, 7) is 5.31. The van der Waals surface area contributed by atoms with E-state index >= 15 is 0 Å². The second-order valence-corrected chi connectivity index (χ2v) is 5.73. The van der Waals surface area contributed by atoms with Gasteiger partial charge in [-0.25, -0.2) is 0 Å². The zero-order valence-corrected chi connectivity index (χ0v) is 13.6. The number of hydrogen-bond acceptors (Lipinski definition) is 4. The molecule has 1 heterocycles. The number of amides is 1. The number of ether oxygens (including phenoxy) is 2. The number of hydrogen-bond donors (Lipinski definition) is 1. The van der Waals surface area contributed by atoms with Crippen LogP contribution in [0.3, 0.4) is 0 Å². The molecule has 5 nitrogen and oxygen atoms in total. The van der Waals surface area contributed by atoms with Gasteiger partial charge in [0.2, 0.25) is 0 Å². The molecule has 1 fully saturated rings. The predicted molar refractivity (Wildman–Crippen MR) is 84.5 cm³/mol. The van der Waals surface area contributed by atoms with Crippen LogP contribution in [0.4, 0.5) is 0 Å². The van der Waals surface area contributed by atoms with Crippen molar-refractivity contribution in [3.63, 3.8) is 0 Å². The number of benzene rings is 1. The fourth-order valence-corrected chi connectivity index (χ4v) is 2.51. The molecule has 6 heteroatoms. The van der Waals surface area contributed by atoms with Gasteiger partial charge in [0, 0.05) is 19.6 Å². The van der Waals surface area contributed by atoms with Gasteiger partial charge in [-0.05, 0) is 41.0 Å². The van der Waals surface area contributed by atoms with Crippen molar-refractivity contribution >= 4 is 21.8 Å². The monoisotopic (exact) mass is 356 g/mol. The average Bonchev–Trinajstić information content (AvgIpc) is 2.52. The molecule has 1 aromatic carbocycles. The van der Waals surface area contributed by atoms with Crippen LogP contribution in [0.2, 0.25) is 0 Å². The van der Waals surface area contributed by atoms with Crippen LogP contribution in [0.15, 0.2) is 28.7 Å². The maximum atomic E-state index is 11.7. The van der Waals surface area contributed by atoms with E-state index < -0.39 is 0 Å². The summed E-state index contributed by atoms with van der Waals surface area (Å²) < 4.78 is 11.6. The minimum absolute atomic E-state index is 0.0418. The lowest BCUT2D eigenvalue weighted by atomic mass is 10.3. The predicted octanol–water partition coefficient (Wildman–Crippen LogP) is 1.67. The van der Waals surface area contributed by atoms with Gasteiger partial charge in [-0.15, -0.1) is 0 Å². The Hall–Kier alpha value is -1.11. The second-order valence-electron chi connectivity index (χ2n) is 4.88. The Morgan fingerprint density at radius 3 is 2.86 bits per heavy atom. The molecular weight excluding hydrogens is 336 g/mol. The van der Waals surface area contributed by atoms with Crippen molar-refractivity contribution in [1.29, 1.82) is 0 Å². The number of nitrogens with one attached hydrogen (secondary N) is 1. The lowest BCUT2D eigenvalue weighted by Gasteiger charge is -2.26. The third kappa shape index (κ3) is 6.03. The van der Waals surface area contributed by atoms with Crippen LogP contribution in [0.25, 0.3) is 0 Å². The lowest BCUT2D eigenvalue weighted by Crippen LogP contribution is -2.38. The van der Waals surface area contributed by atoms with E-state index in [1.165, 1.54) is 0 Å². The van der Waals surface area contributed by atoms with Gasteiger partial charge in [-0.1, -0.05) is 12.1 Å². The normalized spacial score (nSPS) is 15.7. The molecule has 0 spiro atoms. The highest BCUT2D eigenvalue weighted by molar-refractivity contribution is 9.10. The minimum Gasteiger partial charge on any atom is -0.483 e. The number of para-hydroxylation sites is 1. The summed E-state index contributed by atoms with van der Waals surface area (Å²) in [6, 6.07) is 7.49. The summed E-state index contributed by atoms with van der Waals surface area (Å²) in [6.07, 6.45) is 0.945. The number of carbonyl (C=O) groups excluding carboxylic acids is 1. The number of nitrogens with zero attached hydrogens (tertiary/aromatic N) is 1. The molecule has 0 saturated carbocycles. The minimum atomic E-state index is -0.0901. The number of rotatable bonds is 7. The Labute approximate surface area is 133 Å². The van der Waals surface area contributed by atoms with Crippen LogP contribution in [0.5, 0.6) is 5.75 Å². The fourth-order valence-electron chi connectivity index (χ4n) is 2.11. The Morgan fingerprint density at radius 1 is 1.33 bits per heavy atom. The maximum Gasteiger partial charge on any atom is 0.257 e. The molecule has 116 valence electrons. The van der Waals surface area contributed by atoms with Gasteiger partial charge < -0.3 is 14.8 Å². The first-order valence-corrected chi connectivity index (χ1v) is 7.99. The van der Waals surface area contributed by atoms with Gasteiger partial charge in [0.25, 0.3) is 5.91 Å². The summed E-state index contributed by atoms with van der Waals surface area (Å²) in [5, 5.41) is 2.87. The largest absolute Gasteiger partial charge is 0.483 e. The zero-order chi connectivity index (χ0) is 14.9. The fraction of sp³-hybridized carbons (Fsp3) is 0.533. The van der Waals surface area contributed by atoms with Gasteiger partial charge in [-0.3, -0.25) is 9.69 Å². The van der Waals surface area contributed by atoms with Gasteiger partial charge in [-0.2, -0.15) is 0 Å². The molecule has 1 saturated heterocycles. The Bertz CT molecular complexity index is 450. The summed E-state index contributed by atoms with van der Waals surface area (Å²) >= 11 is 3.38. The van der Waals surface area contributed by atoms with E-state index in [-0.39, 0.29) is 12.5 Å². The Morgan fingerprint density at radius 2 is 2.10 bits per heavy atom. The molecule has 1 aliphatic rings. The van der Waals surface area contributed by atoms with Crippen molar-refractivity contribution < 1.29 is 14.3 Å². The third-order valence-corrected chi connectivity index (χ3v) is 3.93. The van der Waals surface area contributed by atoms with E-state index in [0.717, 1.165) is 43.7 Å². The first-order valence-electron chi connectivity index (χ1n) is 7.20. The summed E-state index contributed by atoms with van der Waals surface area (Å²) in [4.78, 5) is 14.0. The molecule has 0 aromatic heterocycles. The molecule has 2 rings (SSSR count). The molecule has 0 bridgehead atoms. The van der Waals surface area contributed by atoms with E-state index in [2.05, 4.69) is 26.1 Å². The summed E-state index contributed by atoms with van der Waals surface area (Å²) in [5.41, 5.74) is 0. The van der Waals surface area contributed by atoms with E-state index in [9.17, 15) is 4.79 Å². The first kappa shape index (κ1) is 16.3. The van der Waals surface area contributed by atoms with Crippen molar-refractivity contribution in [3.05, 3.63) is 28.7 Å². The summed E-state index contributed by atoms with van der Waals surface area (Å²) in [5.74, 6) is 0.591. The molecule has 1 N–H and O–H groups in total. The molecular formula is C15H21BrN2O3. The van der Waals surface area contributed by atoms with Crippen molar-refractivity contribution in [2.75, 3.05) is 46.0 Å². The average molecular weight is 357 g/mol. The van der Waals surface area contributed by atoms with Crippen LogP contribution in [0, 0.1) is 0 Å². The molecule has 0 aliphatic carbocycles. The molecule has 0 unspecified atom stereocenters. The van der Waals surface area contributed by atoms with Gasteiger partial charge >= 0.3 is 0 Å². The highest BCUT2D eigenvalue weighted by Gasteiger charge is 2.09. The van der Waals surface area contributed by atoms with E-state index in [0.29, 0.717) is 12.3 Å². The van der Waals surface area contributed by atoms with Crippen molar-refractivity contribution in [2.24, 2.45) is 0 Å². The Kier molecular flexibility index (Phi) is 6.99. The topological polar surface area (TPSA) is 50.8 Å². The lowest BCUT2D eigenvalue weighted by molar-refractivity contribution is -0.123. The Balaban J connectivity index is 1.56. The van der Waals surface area contributed by atoms with Crippen LogP contribution >= 0.6 is 15.9 Å². The van der Waals surface area contributed by atoms with Crippen molar-refractivity contribution in [1.82, 2.24) is 10.2 Å².